The molecular formula is C8H15N3O2. The first-order chi connectivity index (χ1) is 6.33. The Hall–Kier alpha value is -0.910. The van der Waals surface area contributed by atoms with E-state index in [9.17, 15) is 5.11 Å². The highest BCUT2D eigenvalue weighted by molar-refractivity contribution is 4.78. The number of aliphatic hydroxyl groups is 1. The largest absolute Gasteiger partial charge is 0.390 e. The molecule has 5 nitrogen and oxygen atoms in total. The number of nitrogens with one attached hydrogen (secondary N) is 1. The normalized spacial score (nSPS) is 13.1. The quantitative estimate of drug-likeness (QED) is 0.475. The maximum Gasteiger partial charge on any atom is 0.0883 e. The molecule has 0 radical (unpaired) electrons. The molecule has 0 amide bonds. The van der Waals surface area contributed by atoms with Gasteiger partial charge in [0.25, 0.3) is 0 Å². The van der Waals surface area contributed by atoms with Crippen LogP contribution in [0.15, 0.2) is 18.5 Å². The maximum atomic E-state index is 9.44. The van der Waals surface area contributed by atoms with Crippen LogP contribution in [0.2, 0.25) is 0 Å². The molecule has 5 heteroatoms. The van der Waals surface area contributed by atoms with Crippen LogP contribution in [-0.4, -0.2) is 34.1 Å². The van der Waals surface area contributed by atoms with Crippen molar-refractivity contribution in [1.29, 1.82) is 0 Å². The zero-order valence-electron chi connectivity index (χ0n) is 7.68. The van der Waals surface area contributed by atoms with E-state index in [0.717, 1.165) is 0 Å². The summed E-state index contributed by atoms with van der Waals surface area (Å²) < 4.78 is 1.68. The Morgan fingerprint density at radius 3 is 3.15 bits per heavy atom. The smallest absolute Gasteiger partial charge is 0.0883 e. The van der Waals surface area contributed by atoms with E-state index in [1.165, 1.54) is 0 Å². The van der Waals surface area contributed by atoms with Crippen LogP contribution in [0, 0.1) is 0 Å². The predicted octanol–water partition coefficient (Wildman–Crippen LogP) is -0.215. The zero-order valence-corrected chi connectivity index (χ0v) is 7.68. The van der Waals surface area contributed by atoms with Gasteiger partial charge in [-0.1, -0.05) is 0 Å². The lowest BCUT2D eigenvalue weighted by molar-refractivity contribution is 0.0167. The summed E-state index contributed by atoms with van der Waals surface area (Å²) in [6.07, 6.45) is 3.01. The van der Waals surface area contributed by atoms with Gasteiger partial charge in [-0.15, -0.1) is 0 Å². The standard InChI is InChI=1S/C8H15N3O2/c1-2-13-10-6-8(12)7-11-5-3-4-9-11/h3-5,8,10,12H,2,6-7H2,1H3. The molecule has 0 fully saturated rings. The minimum atomic E-state index is -0.480. The van der Waals surface area contributed by atoms with Crippen LogP contribution in [0.4, 0.5) is 0 Å². The summed E-state index contributed by atoms with van der Waals surface area (Å²) in [5, 5.41) is 13.4. The van der Waals surface area contributed by atoms with Crippen molar-refractivity contribution in [3.05, 3.63) is 18.5 Å². The third kappa shape index (κ3) is 4.02. The minimum Gasteiger partial charge on any atom is -0.390 e. The maximum absolute atomic E-state index is 9.44. The van der Waals surface area contributed by atoms with Gasteiger partial charge in [0.2, 0.25) is 0 Å². The summed E-state index contributed by atoms with van der Waals surface area (Å²) in [5.41, 5.74) is 2.66. The Balaban J connectivity index is 2.14. The summed E-state index contributed by atoms with van der Waals surface area (Å²) in [6, 6.07) is 1.82. The number of nitrogens with zero attached hydrogens (tertiary/aromatic N) is 2. The number of hydrogen-bond donors (Lipinski definition) is 2. The van der Waals surface area contributed by atoms with Gasteiger partial charge in [0.15, 0.2) is 0 Å². The second kappa shape index (κ2) is 5.69. The highest BCUT2D eigenvalue weighted by Gasteiger charge is 2.03. The summed E-state index contributed by atoms with van der Waals surface area (Å²) in [5.74, 6) is 0. The second-order valence-electron chi connectivity index (χ2n) is 2.66. The first kappa shape index (κ1) is 10.2. The lowest BCUT2D eigenvalue weighted by Gasteiger charge is -2.10. The van der Waals surface area contributed by atoms with E-state index < -0.39 is 6.10 Å². The average Bonchev–Trinajstić information content (AvgIpc) is 2.57. The van der Waals surface area contributed by atoms with E-state index in [1.54, 1.807) is 10.9 Å². The van der Waals surface area contributed by atoms with Gasteiger partial charge < -0.3 is 9.94 Å². The predicted molar refractivity (Wildman–Crippen MR) is 47.9 cm³/mol. The number of hydrogen-bond acceptors (Lipinski definition) is 4. The van der Waals surface area contributed by atoms with Crippen molar-refractivity contribution in [2.45, 2.75) is 19.6 Å². The van der Waals surface area contributed by atoms with Gasteiger partial charge in [-0.25, -0.2) is 0 Å². The molecule has 1 unspecified atom stereocenters. The van der Waals surface area contributed by atoms with Crippen molar-refractivity contribution in [1.82, 2.24) is 15.3 Å². The molecule has 13 heavy (non-hydrogen) atoms. The molecule has 1 atom stereocenters. The highest BCUT2D eigenvalue weighted by Crippen LogP contribution is 1.89. The number of aromatic nitrogens is 2. The molecule has 0 aliphatic heterocycles. The van der Waals surface area contributed by atoms with E-state index in [4.69, 9.17) is 4.84 Å². The fourth-order valence-corrected chi connectivity index (χ4v) is 0.946. The molecular weight excluding hydrogens is 170 g/mol. The molecule has 1 heterocycles. The summed E-state index contributed by atoms with van der Waals surface area (Å²) in [4.78, 5) is 4.88. The van der Waals surface area contributed by atoms with Gasteiger partial charge in [-0.2, -0.15) is 10.6 Å². The van der Waals surface area contributed by atoms with Gasteiger partial charge in [-0.05, 0) is 13.0 Å². The van der Waals surface area contributed by atoms with Gasteiger partial charge in [-0.3, -0.25) is 4.68 Å². The Morgan fingerprint density at radius 1 is 1.69 bits per heavy atom. The van der Waals surface area contributed by atoms with Crippen LogP contribution >= 0.6 is 0 Å². The van der Waals surface area contributed by atoms with E-state index >= 15 is 0 Å². The van der Waals surface area contributed by atoms with Crippen LogP contribution in [0.25, 0.3) is 0 Å². The molecule has 1 aromatic rings. The number of hydroxylamine groups is 1. The van der Waals surface area contributed by atoms with Crippen molar-refractivity contribution in [3.63, 3.8) is 0 Å². The average molecular weight is 185 g/mol. The van der Waals surface area contributed by atoms with Crippen LogP contribution in [0.5, 0.6) is 0 Å². The van der Waals surface area contributed by atoms with Crippen molar-refractivity contribution in [2.24, 2.45) is 0 Å². The summed E-state index contributed by atoms with van der Waals surface area (Å²) in [6.45, 7) is 3.36. The molecule has 0 spiro atoms. The number of rotatable bonds is 6. The molecule has 1 rings (SSSR count). The van der Waals surface area contributed by atoms with Crippen LogP contribution in [0.3, 0.4) is 0 Å². The molecule has 0 aromatic carbocycles. The molecule has 0 aliphatic rings. The highest BCUT2D eigenvalue weighted by atomic mass is 16.6. The molecule has 0 bridgehead atoms. The minimum absolute atomic E-state index is 0.410. The summed E-state index contributed by atoms with van der Waals surface area (Å²) >= 11 is 0. The van der Waals surface area contributed by atoms with Crippen LogP contribution in [-0.2, 0) is 11.4 Å². The fraction of sp³-hybridized carbons (Fsp3) is 0.625. The Labute approximate surface area is 77.3 Å². The van der Waals surface area contributed by atoms with Crippen molar-refractivity contribution in [3.8, 4) is 0 Å². The van der Waals surface area contributed by atoms with Crippen molar-refractivity contribution in [2.75, 3.05) is 13.2 Å². The second-order valence-corrected chi connectivity index (χ2v) is 2.66. The first-order valence-corrected chi connectivity index (χ1v) is 4.33. The lowest BCUT2D eigenvalue weighted by Crippen LogP contribution is -2.30. The molecule has 0 aliphatic carbocycles. The van der Waals surface area contributed by atoms with Gasteiger partial charge >= 0.3 is 0 Å². The third-order valence-corrected chi connectivity index (χ3v) is 1.52. The Kier molecular flexibility index (Phi) is 4.45. The SMILES string of the molecule is CCONCC(O)Cn1cccn1. The zero-order chi connectivity index (χ0) is 9.52. The van der Waals surface area contributed by atoms with Gasteiger partial charge in [0.1, 0.15) is 0 Å². The van der Waals surface area contributed by atoms with Crippen LogP contribution in [0.1, 0.15) is 6.92 Å². The van der Waals surface area contributed by atoms with E-state index in [1.807, 2.05) is 19.2 Å². The Morgan fingerprint density at radius 2 is 2.54 bits per heavy atom. The lowest BCUT2D eigenvalue weighted by atomic mass is 10.3. The van der Waals surface area contributed by atoms with E-state index in [0.29, 0.717) is 19.7 Å². The first-order valence-electron chi connectivity index (χ1n) is 4.33. The van der Waals surface area contributed by atoms with Gasteiger partial charge in [0, 0.05) is 18.9 Å². The molecule has 1 aromatic heterocycles. The molecule has 0 saturated carbocycles. The topological polar surface area (TPSA) is 59.3 Å². The summed E-state index contributed by atoms with van der Waals surface area (Å²) in [7, 11) is 0. The van der Waals surface area contributed by atoms with Gasteiger partial charge in [0.05, 0.1) is 19.3 Å². The van der Waals surface area contributed by atoms with Crippen molar-refractivity contribution >= 4 is 0 Å². The monoisotopic (exact) mass is 185 g/mol. The van der Waals surface area contributed by atoms with E-state index in [2.05, 4.69) is 10.6 Å². The molecule has 74 valence electrons. The van der Waals surface area contributed by atoms with Crippen LogP contribution < -0.4 is 5.48 Å². The molecule has 2 N–H and O–H groups in total. The number of aliphatic hydroxyl groups excluding tert-OH is 1. The van der Waals surface area contributed by atoms with Crippen molar-refractivity contribution < 1.29 is 9.94 Å². The third-order valence-electron chi connectivity index (χ3n) is 1.52. The van der Waals surface area contributed by atoms with E-state index in [-0.39, 0.29) is 0 Å². The fourth-order valence-electron chi connectivity index (χ4n) is 0.946. The Bertz CT molecular complexity index is 213. The molecule has 0 saturated heterocycles.